The minimum absolute atomic E-state index is 0.480. The van der Waals surface area contributed by atoms with E-state index in [1.807, 2.05) is 48.5 Å². The van der Waals surface area contributed by atoms with Crippen molar-refractivity contribution in [2.45, 2.75) is 12.2 Å². The summed E-state index contributed by atoms with van der Waals surface area (Å²) in [6.45, 7) is 0. The van der Waals surface area contributed by atoms with Gasteiger partial charge in [0.2, 0.25) is 0 Å². The Hall–Kier alpha value is -2.69. The highest BCUT2D eigenvalue weighted by atomic mass is 16.8. The fraction of sp³-hybridized carbons (Fsp3) is 0.235. The second kappa shape index (κ2) is 5.97. The van der Waals surface area contributed by atoms with Gasteiger partial charge in [-0.2, -0.15) is 0 Å². The first-order chi connectivity index (χ1) is 10.7. The highest BCUT2D eigenvalue weighted by molar-refractivity contribution is 5.63. The van der Waals surface area contributed by atoms with E-state index < -0.39 is 18.4 Å². The highest BCUT2D eigenvalue weighted by Gasteiger charge is 2.38. The summed E-state index contributed by atoms with van der Waals surface area (Å²) in [5.74, 6) is 1.49. The SMILES string of the molecule is COc1ccc([C@H]2OC(=O)O[C@@H]2c2ccc(OC)cc2)cc1. The summed E-state index contributed by atoms with van der Waals surface area (Å²) in [7, 11) is 3.21. The molecule has 5 heteroatoms. The van der Waals surface area contributed by atoms with Crippen molar-refractivity contribution in [2.75, 3.05) is 14.2 Å². The van der Waals surface area contributed by atoms with Gasteiger partial charge in [0.05, 0.1) is 14.2 Å². The van der Waals surface area contributed by atoms with Gasteiger partial charge in [0.15, 0.2) is 12.2 Å². The Morgan fingerprint density at radius 1 is 0.727 bits per heavy atom. The fourth-order valence-corrected chi connectivity index (χ4v) is 2.43. The largest absolute Gasteiger partial charge is 0.509 e. The van der Waals surface area contributed by atoms with Crippen LogP contribution in [0.2, 0.25) is 0 Å². The summed E-state index contributed by atoms with van der Waals surface area (Å²) < 4.78 is 20.9. The van der Waals surface area contributed by atoms with Gasteiger partial charge in [-0.05, 0) is 35.4 Å². The third-order valence-electron chi connectivity index (χ3n) is 3.61. The highest BCUT2D eigenvalue weighted by Crippen LogP contribution is 2.41. The molecule has 2 atom stereocenters. The van der Waals surface area contributed by atoms with Gasteiger partial charge in [-0.1, -0.05) is 24.3 Å². The van der Waals surface area contributed by atoms with Crippen LogP contribution in [-0.2, 0) is 9.47 Å². The van der Waals surface area contributed by atoms with Crippen LogP contribution >= 0.6 is 0 Å². The Morgan fingerprint density at radius 3 is 1.41 bits per heavy atom. The van der Waals surface area contributed by atoms with Crippen LogP contribution in [0.4, 0.5) is 4.79 Å². The number of methoxy groups -OCH3 is 2. The molecule has 0 N–H and O–H groups in total. The van der Waals surface area contributed by atoms with E-state index in [-0.39, 0.29) is 0 Å². The summed E-state index contributed by atoms with van der Waals surface area (Å²) in [4.78, 5) is 11.6. The zero-order valence-corrected chi connectivity index (χ0v) is 12.3. The first-order valence-corrected chi connectivity index (χ1v) is 6.86. The van der Waals surface area contributed by atoms with Crippen molar-refractivity contribution in [3.63, 3.8) is 0 Å². The molecule has 1 heterocycles. The molecule has 2 aromatic rings. The van der Waals surface area contributed by atoms with Crippen molar-refractivity contribution in [3.05, 3.63) is 59.7 Å². The molecule has 1 saturated heterocycles. The van der Waals surface area contributed by atoms with Gasteiger partial charge in [-0.25, -0.2) is 4.79 Å². The zero-order chi connectivity index (χ0) is 15.5. The molecule has 3 rings (SSSR count). The Balaban J connectivity index is 1.88. The second-order valence-electron chi connectivity index (χ2n) is 4.87. The maximum atomic E-state index is 11.6. The third-order valence-corrected chi connectivity index (χ3v) is 3.61. The van der Waals surface area contributed by atoms with Crippen LogP contribution in [0, 0.1) is 0 Å². The lowest BCUT2D eigenvalue weighted by Gasteiger charge is -2.16. The lowest BCUT2D eigenvalue weighted by molar-refractivity contribution is 0.116. The molecule has 5 nitrogen and oxygen atoms in total. The van der Waals surface area contributed by atoms with Crippen molar-refractivity contribution >= 4 is 6.16 Å². The first kappa shape index (κ1) is 14.3. The van der Waals surface area contributed by atoms with E-state index in [4.69, 9.17) is 18.9 Å². The minimum atomic E-state index is -0.665. The average molecular weight is 300 g/mol. The monoisotopic (exact) mass is 300 g/mol. The normalized spacial score (nSPS) is 20.2. The van der Waals surface area contributed by atoms with Crippen LogP contribution in [0.1, 0.15) is 23.3 Å². The number of rotatable bonds is 4. The molecule has 0 unspecified atom stereocenters. The average Bonchev–Trinajstić information content (AvgIpc) is 2.97. The lowest BCUT2D eigenvalue weighted by atomic mass is 9.98. The minimum Gasteiger partial charge on any atom is -0.497 e. The molecular formula is C17H16O5. The van der Waals surface area contributed by atoms with Crippen LogP contribution in [0.5, 0.6) is 11.5 Å². The molecule has 1 fully saturated rings. The molecule has 0 aliphatic carbocycles. The summed E-state index contributed by atoms with van der Waals surface area (Å²) in [6, 6.07) is 14.8. The zero-order valence-electron chi connectivity index (χ0n) is 12.3. The summed E-state index contributed by atoms with van der Waals surface area (Å²) in [6.07, 6.45) is -1.62. The van der Waals surface area contributed by atoms with E-state index in [1.165, 1.54) is 0 Å². The van der Waals surface area contributed by atoms with E-state index in [9.17, 15) is 4.79 Å². The number of cyclic esters (lactones) is 2. The molecule has 0 radical (unpaired) electrons. The molecule has 0 aromatic heterocycles. The van der Waals surface area contributed by atoms with Crippen molar-refractivity contribution in [2.24, 2.45) is 0 Å². The molecule has 1 aliphatic heterocycles. The van der Waals surface area contributed by atoms with Crippen molar-refractivity contribution in [1.82, 2.24) is 0 Å². The number of ether oxygens (including phenoxy) is 4. The number of benzene rings is 2. The van der Waals surface area contributed by atoms with E-state index in [2.05, 4.69) is 0 Å². The van der Waals surface area contributed by atoms with Crippen LogP contribution in [-0.4, -0.2) is 20.4 Å². The Kier molecular flexibility index (Phi) is 3.87. The standard InChI is InChI=1S/C17H16O5/c1-19-13-7-3-11(4-8-13)15-16(22-17(18)21-15)12-5-9-14(20-2)10-6-12/h3-10,15-16H,1-2H3/t15-,16-/m1/s1. The van der Waals surface area contributed by atoms with Crippen molar-refractivity contribution in [3.8, 4) is 11.5 Å². The van der Waals surface area contributed by atoms with E-state index in [0.29, 0.717) is 0 Å². The number of hydrogen-bond acceptors (Lipinski definition) is 5. The van der Waals surface area contributed by atoms with Gasteiger partial charge in [-0.15, -0.1) is 0 Å². The first-order valence-electron chi connectivity index (χ1n) is 6.86. The van der Waals surface area contributed by atoms with Gasteiger partial charge in [0, 0.05) is 0 Å². The quantitative estimate of drug-likeness (QED) is 0.807. The van der Waals surface area contributed by atoms with Crippen LogP contribution in [0.25, 0.3) is 0 Å². The van der Waals surface area contributed by atoms with E-state index in [1.54, 1.807) is 14.2 Å². The topological polar surface area (TPSA) is 54.0 Å². The smallest absolute Gasteiger partial charge is 0.497 e. The molecular weight excluding hydrogens is 284 g/mol. The third kappa shape index (κ3) is 2.70. The number of carbonyl (C=O) groups is 1. The van der Waals surface area contributed by atoms with Crippen molar-refractivity contribution < 1.29 is 23.7 Å². The molecule has 0 spiro atoms. The van der Waals surface area contributed by atoms with E-state index in [0.717, 1.165) is 22.6 Å². The van der Waals surface area contributed by atoms with Gasteiger partial charge in [0.1, 0.15) is 11.5 Å². The summed E-state index contributed by atoms with van der Waals surface area (Å²) >= 11 is 0. The van der Waals surface area contributed by atoms with Gasteiger partial charge in [0.25, 0.3) is 0 Å². The number of carbonyl (C=O) groups excluding carboxylic acids is 1. The molecule has 2 aromatic carbocycles. The number of hydrogen-bond donors (Lipinski definition) is 0. The molecule has 114 valence electrons. The van der Waals surface area contributed by atoms with Gasteiger partial charge < -0.3 is 18.9 Å². The predicted molar refractivity (Wildman–Crippen MR) is 79.0 cm³/mol. The Labute approximate surface area is 128 Å². The summed E-state index contributed by atoms with van der Waals surface area (Å²) in [5, 5.41) is 0. The summed E-state index contributed by atoms with van der Waals surface area (Å²) in [5.41, 5.74) is 1.71. The lowest BCUT2D eigenvalue weighted by Crippen LogP contribution is -2.07. The van der Waals surface area contributed by atoms with Crippen molar-refractivity contribution in [1.29, 1.82) is 0 Å². The molecule has 22 heavy (non-hydrogen) atoms. The van der Waals surface area contributed by atoms with E-state index >= 15 is 0 Å². The molecule has 1 aliphatic rings. The Morgan fingerprint density at radius 2 is 1.09 bits per heavy atom. The molecule has 0 amide bonds. The predicted octanol–water partition coefficient (Wildman–Crippen LogP) is 3.65. The van der Waals surface area contributed by atoms with Gasteiger partial charge >= 0.3 is 6.16 Å². The Bertz CT molecular complexity index is 590. The maximum absolute atomic E-state index is 11.6. The van der Waals surface area contributed by atoms with Crippen LogP contribution in [0.3, 0.4) is 0 Å². The molecule has 0 saturated carbocycles. The fourth-order valence-electron chi connectivity index (χ4n) is 2.43. The maximum Gasteiger partial charge on any atom is 0.509 e. The molecule has 0 bridgehead atoms. The van der Waals surface area contributed by atoms with Crippen LogP contribution in [0.15, 0.2) is 48.5 Å². The van der Waals surface area contributed by atoms with Crippen LogP contribution < -0.4 is 9.47 Å². The van der Waals surface area contributed by atoms with Gasteiger partial charge in [-0.3, -0.25) is 0 Å². The second-order valence-corrected chi connectivity index (χ2v) is 4.87.